The number of hydrogen-bond donors (Lipinski definition) is 1. The summed E-state index contributed by atoms with van der Waals surface area (Å²) in [7, 11) is -1.47. The molecule has 31 heavy (non-hydrogen) atoms. The van der Waals surface area contributed by atoms with Crippen molar-refractivity contribution in [2.24, 2.45) is 0 Å². The second-order valence-electron chi connectivity index (χ2n) is 8.25. The number of carbonyl (C=O) groups excluding carboxylic acids is 1. The number of carbonyl (C=O) groups is 1. The number of piperazine rings is 1. The zero-order chi connectivity index (χ0) is 21.8. The van der Waals surface area contributed by atoms with Crippen LogP contribution in [0.2, 0.25) is 0 Å². The van der Waals surface area contributed by atoms with Gasteiger partial charge in [-0.3, -0.25) is 4.79 Å². The van der Waals surface area contributed by atoms with E-state index in [9.17, 15) is 13.2 Å². The number of likely N-dealkylation sites (N-methyl/N-ethyl adjacent to an activating group) is 1. The van der Waals surface area contributed by atoms with E-state index < -0.39 is 10.0 Å². The van der Waals surface area contributed by atoms with E-state index in [1.807, 2.05) is 24.3 Å². The lowest BCUT2D eigenvalue weighted by atomic mass is 10.2. The highest BCUT2D eigenvalue weighted by Gasteiger charge is 2.26. The van der Waals surface area contributed by atoms with Gasteiger partial charge in [-0.15, -0.1) is 0 Å². The maximum atomic E-state index is 13.0. The number of nitrogens with zero attached hydrogens (tertiary/aromatic N) is 3. The normalized spacial score (nSPS) is 18.7. The van der Waals surface area contributed by atoms with Crippen LogP contribution < -0.4 is 10.2 Å². The summed E-state index contributed by atoms with van der Waals surface area (Å²) in [4.78, 5) is 17.7. The Labute approximate surface area is 184 Å². The summed E-state index contributed by atoms with van der Waals surface area (Å²) in [6.07, 6.45) is 2.81. The molecular weight excluding hydrogens is 412 g/mol. The molecule has 2 saturated heterocycles. The van der Waals surface area contributed by atoms with Crippen LogP contribution in [0, 0.1) is 0 Å². The average molecular weight is 443 g/mol. The fourth-order valence-electron chi connectivity index (χ4n) is 4.15. The van der Waals surface area contributed by atoms with Crippen LogP contribution in [0.15, 0.2) is 53.4 Å². The van der Waals surface area contributed by atoms with Crippen molar-refractivity contribution in [2.45, 2.75) is 24.2 Å². The SMILES string of the molecule is CN1CCN(c2ccccc2NC(=O)c2cccc(S(=O)(=O)N3CCCCC3)c2)CC1. The lowest BCUT2D eigenvalue weighted by Gasteiger charge is -2.35. The first-order valence-electron chi connectivity index (χ1n) is 10.9. The molecule has 2 heterocycles. The molecule has 2 fully saturated rings. The van der Waals surface area contributed by atoms with Gasteiger partial charge in [-0.05, 0) is 50.2 Å². The van der Waals surface area contributed by atoms with E-state index in [2.05, 4.69) is 22.2 Å². The molecule has 8 heteroatoms. The van der Waals surface area contributed by atoms with Crippen LogP contribution in [0.3, 0.4) is 0 Å². The lowest BCUT2D eigenvalue weighted by Crippen LogP contribution is -2.44. The molecule has 2 aromatic carbocycles. The Morgan fingerprint density at radius 1 is 0.871 bits per heavy atom. The molecule has 0 unspecified atom stereocenters. The number of nitrogens with one attached hydrogen (secondary N) is 1. The minimum atomic E-state index is -3.58. The second kappa shape index (κ2) is 9.38. The van der Waals surface area contributed by atoms with E-state index in [4.69, 9.17) is 0 Å². The van der Waals surface area contributed by atoms with Crippen molar-refractivity contribution in [3.63, 3.8) is 0 Å². The minimum absolute atomic E-state index is 0.175. The zero-order valence-electron chi connectivity index (χ0n) is 18.0. The van der Waals surface area contributed by atoms with Crippen molar-refractivity contribution in [2.75, 3.05) is 56.5 Å². The fourth-order valence-corrected chi connectivity index (χ4v) is 5.71. The largest absolute Gasteiger partial charge is 0.367 e. The molecule has 0 aliphatic carbocycles. The van der Waals surface area contributed by atoms with E-state index in [0.29, 0.717) is 18.7 Å². The third-order valence-corrected chi connectivity index (χ3v) is 7.94. The molecule has 2 aromatic rings. The van der Waals surface area contributed by atoms with Crippen molar-refractivity contribution in [1.82, 2.24) is 9.21 Å². The van der Waals surface area contributed by atoms with Crippen molar-refractivity contribution in [1.29, 1.82) is 0 Å². The van der Waals surface area contributed by atoms with E-state index in [1.165, 1.54) is 10.4 Å². The highest BCUT2D eigenvalue weighted by atomic mass is 32.2. The summed E-state index contributed by atoms with van der Waals surface area (Å²) in [5.74, 6) is -0.308. The fraction of sp³-hybridized carbons (Fsp3) is 0.435. The Morgan fingerprint density at radius 2 is 1.58 bits per heavy atom. The van der Waals surface area contributed by atoms with Crippen molar-refractivity contribution >= 4 is 27.3 Å². The number of hydrogen-bond acceptors (Lipinski definition) is 5. The molecule has 166 valence electrons. The first-order chi connectivity index (χ1) is 14.9. The molecule has 0 atom stereocenters. The molecule has 0 bridgehead atoms. The molecule has 0 radical (unpaired) electrons. The van der Waals surface area contributed by atoms with Crippen molar-refractivity contribution < 1.29 is 13.2 Å². The van der Waals surface area contributed by atoms with Crippen LogP contribution in [-0.4, -0.2) is 69.8 Å². The lowest BCUT2D eigenvalue weighted by molar-refractivity contribution is 0.102. The van der Waals surface area contributed by atoms with Crippen molar-refractivity contribution in [3.05, 3.63) is 54.1 Å². The number of rotatable bonds is 5. The molecule has 4 rings (SSSR count). The molecule has 2 aliphatic rings. The van der Waals surface area contributed by atoms with Gasteiger partial charge in [-0.2, -0.15) is 4.31 Å². The molecule has 1 N–H and O–H groups in total. The third kappa shape index (κ3) is 4.92. The Hall–Kier alpha value is -2.42. The number of amides is 1. The smallest absolute Gasteiger partial charge is 0.255 e. The van der Waals surface area contributed by atoms with Crippen LogP contribution in [0.25, 0.3) is 0 Å². The Kier molecular flexibility index (Phi) is 6.60. The van der Waals surface area contributed by atoms with E-state index in [0.717, 1.165) is 56.8 Å². The monoisotopic (exact) mass is 442 g/mol. The van der Waals surface area contributed by atoms with Gasteiger partial charge in [-0.25, -0.2) is 8.42 Å². The van der Waals surface area contributed by atoms with Gasteiger partial charge in [0.25, 0.3) is 5.91 Å². The summed E-state index contributed by atoms with van der Waals surface area (Å²) in [6, 6.07) is 14.1. The Morgan fingerprint density at radius 3 is 2.32 bits per heavy atom. The third-order valence-electron chi connectivity index (χ3n) is 6.05. The van der Waals surface area contributed by atoms with Crippen LogP contribution in [0.1, 0.15) is 29.6 Å². The molecular formula is C23H30N4O3S. The Balaban J connectivity index is 1.53. The Bertz CT molecular complexity index is 1030. The number of para-hydroxylation sites is 2. The number of sulfonamides is 1. The summed E-state index contributed by atoms with van der Waals surface area (Å²) < 4.78 is 27.5. The average Bonchev–Trinajstić information content (AvgIpc) is 2.81. The van der Waals surface area contributed by atoms with Crippen molar-refractivity contribution in [3.8, 4) is 0 Å². The predicted octanol–water partition coefficient (Wildman–Crippen LogP) is 2.87. The van der Waals surface area contributed by atoms with Crippen LogP contribution >= 0.6 is 0 Å². The summed E-state index contributed by atoms with van der Waals surface area (Å²) in [5.41, 5.74) is 2.06. The number of benzene rings is 2. The summed E-state index contributed by atoms with van der Waals surface area (Å²) >= 11 is 0. The van der Waals surface area contributed by atoms with E-state index in [1.54, 1.807) is 18.2 Å². The van der Waals surface area contributed by atoms with E-state index >= 15 is 0 Å². The number of anilines is 2. The molecule has 1 amide bonds. The molecule has 2 aliphatic heterocycles. The topological polar surface area (TPSA) is 73.0 Å². The van der Waals surface area contributed by atoms with Gasteiger partial charge < -0.3 is 15.1 Å². The molecule has 0 spiro atoms. The summed E-state index contributed by atoms with van der Waals surface area (Å²) in [5, 5.41) is 2.99. The van der Waals surface area contributed by atoms with Crippen LogP contribution in [0.5, 0.6) is 0 Å². The standard InChI is InChI=1S/C23H30N4O3S/c1-25-14-16-26(17-15-25)22-11-4-3-10-21(22)24-23(28)19-8-7-9-20(18-19)31(29,30)27-12-5-2-6-13-27/h3-4,7-11,18H,2,5-6,12-17H2,1H3,(H,24,28). The maximum absolute atomic E-state index is 13.0. The van der Waals surface area contributed by atoms with Crippen LogP contribution in [0.4, 0.5) is 11.4 Å². The zero-order valence-corrected chi connectivity index (χ0v) is 18.8. The van der Waals surface area contributed by atoms with Gasteiger partial charge >= 0.3 is 0 Å². The predicted molar refractivity (Wildman–Crippen MR) is 123 cm³/mol. The van der Waals surface area contributed by atoms with E-state index in [-0.39, 0.29) is 10.8 Å². The molecule has 0 saturated carbocycles. The van der Waals surface area contributed by atoms with Gasteiger partial charge in [0.1, 0.15) is 0 Å². The van der Waals surface area contributed by atoms with Crippen LogP contribution in [-0.2, 0) is 10.0 Å². The first kappa shape index (κ1) is 21.8. The molecule has 0 aromatic heterocycles. The van der Waals surface area contributed by atoms with Gasteiger partial charge in [0.2, 0.25) is 10.0 Å². The van der Waals surface area contributed by atoms with Gasteiger partial charge in [-0.1, -0.05) is 24.6 Å². The first-order valence-corrected chi connectivity index (χ1v) is 12.3. The number of piperidine rings is 1. The summed E-state index contributed by atoms with van der Waals surface area (Å²) in [6.45, 7) is 4.81. The van der Waals surface area contributed by atoms with Gasteiger partial charge in [0, 0.05) is 44.8 Å². The minimum Gasteiger partial charge on any atom is -0.367 e. The maximum Gasteiger partial charge on any atom is 0.255 e. The highest BCUT2D eigenvalue weighted by molar-refractivity contribution is 7.89. The second-order valence-corrected chi connectivity index (χ2v) is 10.2. The molecule has 7 nitrogen and oxygen atoms in total. The highest BCUT2D eigenvalue weighted by Crippen LogP contribution is 2.27. The van der Waals surface area contributed by atoms with Gasteiger partial charge in [0.05, 0.1) is 16.3 Å². The quantitative estimate of drug-likeness (QED) is 0.771. The van der Waals surface area contributed by atoms with Gasteiger partial charge in [0.15, 0.2) is 0 Å².